The van der Waals surface area contributed by atoms with Crippen molar-refractivity contribution in [3.63, 3.8) is 0 Å². The monoisotopic (exact) mass is 237 g/mol. The maximum Gasteiger partial charge on any atom is 0.291 e. The molecule has 1 aliphatic carbocycles. The van der Waals surface area contributed by atoms with Crippen LogP contribution in [0.3, 0.4) is 0 Å². The lowest BCUT2D eigenvalue weighted by Crippen LogP contribution is -2.38. The molecule has 0 saturated heterocycles. The number of hydrogen-bond donors (Lipinski definition) is 3. The summed E-state index contributed by atoms with van der Waals surface area (Å²) in [6.07, 6.45) is 2.74. The van der Waals surface area contributed by atoms with Gasteiger partial charge in [-0.15, -0.1) is 5.10 Å². The number of nitrogens with one attached hydrogen (secondary N) is 3. The summed E-state index contributed by atoms with van der Waals surface area (Å²) in [5, 5.41) is 11.7. The third-order valence-corrected chi connectivity index (χ3v) is 2.42. The minimum absolute atomic E-state index is 0.0364. The fourth-order valence-corrected chi connectivity index (χ4v) is 1.30. The molecule has 0 radical (unpaired) electrons. The highest BCUT2D eigenvalue weighted by atomic mass is 16.2. The number of aromatic nitrogens is 3. The lowest BCUT2D eigenvalue weighted by atomic mass is 10.4. The van der Waals surface area contributed by atoms with Gasteiger partial charge in [0.25, 0.3) is 5.91 Å². The number of carbonyl (C=O) groups is 2. The molecule has 2 amide bonds. The van der Waals surface area contributed by atoms with Crippen LogP contribution in [0.15, 0.2) is 0 Å². The molecule has 7 heteroatoms. The number of H-pyrrole nitrogens is 1. The van der Waals surface area contributed by atoms with Crippen LogP contribution in [-0.2, 0) is 11.2 Å². The second-order valence-electron chi connectivity index (χ2n) is 3.98. The number of aryl methyl sites for hydroxylation is 1. The summed E-state index contributed by atoms with van der Waals surface area (Å²) in [5.74, 6) is 0.109. The van der Waals surface area contributed by atoms with Crippen LogP contribution in [0.25, 0.3) is 0 Å². The number of aromatic amines is 1. The lowest BCUT2D eigenvalue weighted by Gasteiger charge is -2.03. The molecule has 0 atom stereocenters. The first-order valence-corrected chi connectivity index (χ1v) is 5.68. The van der Waals surface area contributed by atoms with Gasteiger partial charge in [-0.2, -0.15) is 0 Å². The summed E-state index contributed by atoms with van der Waals surface area (Å²) >= 11 is 0. The number of nitrogens with zero attached hydrogens (tertiary/aromatic N) is 2. The standard InChI is InChI=1S/C10H15N5O2/c1-2-7-13-9(15-14-7)10(17)11-5-8(16)12-6-3-4-6/h6H,2-5H2,1H3,(H,11,17)(H,12,16)(H,13,14,15). The molecule has 0 aliphatic heterocycles. The van der Waals surface area contributed by atoms with E-state index in [1.54, 1.807) is 0 Å². The highest BCUT2D eigenvalue weighted by molar-refractivity contribution is 5.93. The van der Waals surface area contributed by atoms with Crippen LogP contribution in [-0.4, -0.2) is 39.6 Å². The normalized spacial score (nSPS) is 14.4. The average Bonchev–Trinajstić information content (AvgIpc) is 2.99. The second-order valence-corrected chi connectivity index (χ2v) is 3.98. The largest absolute Gasteiger partial charge is 0.352 e. The predicted molar refractivity (Wildman–Crippen MR) is 59.3 cm³/mol. The summed E-state index contributed by atoms with van der Waals surface area (Å²) < 4.78 is 0. The molecule has 7 nitrogen and oxygen atoms in total. The van der Waals surface area contributed by atoms with Crippen LogP contribution in [0.4, 0.5) is 0 Å². The summed E-state index contributed by atoms with van der Waals surface area (Å²) in [4.78, 5) is 26.8. The van der Waals surface area contributed by atoms with E-state index >= 15 is 0 Å². The highest BCUT2D eigenvalue weighted by Gasteiger charge is 2.23. The Morgan fingerprint density at radius 1 is 1.47 bits per heavy atom. The van der Waals surface area contributed by atoms with Crippen molar-refractivity contribution >= 4 is 11.8 Å². The van der Waals surface area contributed by atoms with Gasteiger partial charge in [-0.3, -0.25) is 14.7 Å². The molecule has 3 N–H and O–H groups in total. The molecule has 1 saturated carbocycles. The molecule has 0 unspecified atom stereocenters. The molecule has 1 fully saturated rings. The Hall–Kier alpha value is -1.92. The molecule has 0 aromatic carbocycles. The highest BCUT2D eigenvalue weighted by Crippen LogP contribution is 2.18. The molecule has 0 spiro atoms. The fourth-order valence-electron chi connectivity index (χ4n) is 1.30. The third kappa shape index (κ3) is 3.27. The van der Waals surface area contributed by atoms with Gasteiger partial charge in [0.15, 0.2) is 0 Å². The second kappa shape index (κ2) is 4.94. The molecule has 1 aromatic heterocycles. The lowest BCUT2D eigenvalue weighted by molar-refractivity contribution is -0.120. The van der Waals surface area contributed by atoms with E-state index in [4.69, 9.17) is 0 Å². The molecule has 1 aromatic rings. The Labute approximate surface area is 98.4 Å². The summed E-state index contributed by atoms with van der Waals surface area (Å²) in [5.41, 5.74) is 0. The van der Waals surface area contributed by atoms with Gasteiger partial charge < -0.3 is 10.6 Å². The predicted octanol–water partition coefficient (Wildman–Crippen LogP) is -0.624. The molecule has 17 heavy (non-hydrogen) atoms. The quantitative estimate of drug-likeness (QED) is 0.635. The van der Waals surface area contributed by atoms with E-state index in [9.17, 15) is 9.59 Å². The summed E-state index contributed by atoms with van der Waals surface area (Å²) in [7, 11) is 0. The van der Waals surface area contributed by atoms with Crippen LogP contribution in [0.2, 0.25) is 0 Å². The van der Waals surface area contributed by atoms with Gasteiger partial charge >= 0.3 is 0 Å². The number of hydrogen-bond acceptors (Lipinski definition) is 4. The van der Waals surface area contributed by atoms with Gasteiger partial charge in [-0.05, 0) is 12.8 Å². The summed E-state index contributed by atoms with van der Waals surface area (Å²) in [6.45, 7) is 1.87. The Morgan fingerprint density at radius 2 is 2.24 bits per heavy atom. The maximum absolute atomic E-state index is 11.5. The van der Waals surface area contributed by atoms with Gasteiger partial charge in [-0.25, -0.2) is 4.98 Å². The number of carbonyl (C=O) groups excluding carboxylic acids is 2. The van der Waals surface area contributed by atoms with Crippen LogP contribution in [0.5, 0.6) is 0 Å². The third-order valence-electron chi connectivity index (χ3n) is 2.42. The van der Waals surface area contributed by atoms with Crippen molar-refractivity contribution in [3.05, 3.63) is 11.6 Å². The van der Waals surface area contributed by atoms with Crippen molar-refractivity contribution in [2.24, 2.45) is 0 Å². The molecule has 0 bridgehead atoms. The summed E-state index contributed by atoms with van der Waals surface area (Å²) in [6, 6.07) is 0.301. The maximum atomic E-state index is 11.5. The zero-order valence-electron chi connectivity index (χ0n) is 9.62. The first-order valence-electron chi connectivity index (χ1n) is 5.68. The van der Waals surface area contributed by atoms with Crippen molar-refractivity contribution in [3.8, 4) is 0 Å². The van der Waals surface area contributed by atoms with Crippen molar-refractivity contribution in [1.82, 2.24) is 25.8 Å². The fraction of sp³-hybridized carbons (Fsp3) is 0.600. The van der Waals surface area contributed by atoms with Crippen molar-refractivity contribution in [1.29, 1.82) is 0 Å². The Kier molecular flexibility index (Phi) is 3.36. The number of rotatable bonds is 5. The average molecular weight is 237 g/mol. The zero-order chi connectivity index (χ0) is 12.3. The van der Waals surface area contributed by atoms with Crippen molar-refractivity contribution < 1.29 is 9.59 Å². The first-order chi connectivity index (χ1) is 8.19. The van der Waals surface area contributed by atoms with E-state index in [-0.39, 0.29) is 18.3 Å². The Bertz CT molecular complexity index is 424. The SMILES string of the molecule is CCc1nc(C(=O)NCC(=O)NC2CC2)n[nH]1. The van der Waals surface area contributed by atoms with Crippen molar-refractivity contribution in [2.45, 2.75) is 32.2 Å². The molecule has 1 aliphatic rings. The van der Waals surface area contributed by atoms with Gasteiger partial charge in [-0.1, -0.05) is 6.92 Å². The Morgan fingerprint density at radius 3 is 2.82 bits per heavy atom. The zero-order valence-corrected chi connectivity index (χ0v) is 9.62. The first kappa shape index (κ1) is 11.6. The topological polar surface area (TPSA) is 99.8 Å². The van der Waals surface area contributed by atoms with Gasteiger partial charge in [0.05, 0.1) is 6.54 Å². The van der Waals surface area contributed by atoms with E-state index in [1.165, 1.54) is 0 Å². The molecule has 2 rings (SSSR count). The van der Waals surface area contributed by atoms with E-state index in [1.807, 2.05) is 6.92 Å². The van der Waals surface area contributed by atoms with Crippen molar-refractivity contribution in [2.75, 3.05) is 6.54 Å². The minimum atomic E-state index is -0.438. The van der Waals surface area contributed by atoms with Gasteiger partial charge in [0, 0.05) is 12.5 Å². The van der Waals surface area contributed by atoms with Crippen LogP contribution < -0.4 is 10.6 Å². The Balaban J connectivity index is 1.77. The molecular weight excluding hydrogens is 222 g/mol. The van der Waals surface area contributed by atoms with E-state index in [2.05, 4.69) is 25.8 Å². The van der Waals surface area contributed by atoms with Crippen LogP contribution >= 0.6 is 0 Å². The molecular formula is C10H15N5O2. The van der Waals surface area contributed by atoms with Gasteiger partial charge in [0.1, 0.15) is 5.82 Å². The van der Waals surface area contributed by atoms with E-state index < -0.39 is 5.91 Å². The van der Waals surface area contributed by atoms with Crippen LogP contribution in [0.1, 0.15) is 36.2 Å². The molecule has 1 heterocycles. The molecule has 92 valence electrons. The minimum Gasteiger partial charge on any atom is -0.352 e. The van der Waals surface area contributed by atoms with E-state index in [0.717, 1.165) is 12.8 Å². The number of amides is 2. The van der Waals surface area contributed by atoms with E-state index in [0.29, 0.717) is 18.3 Å². The van der Waals surface area contributed by atoms with Gasteiger partial charge in [0.2, 0.25) is 11.7 Å². The van der Waals surface area contributed by atoms with Crippen LogP contribution in [0, 0.1) is 0 Å². The smallest absolute Gasteiger partial charge is 0.291 e.